The predicted octanol–water partition coefficient (Wildman–Crippen LogP) is 10.8. The van der Waals surface area contributed by atoms with Gasteiger partial charge in [0.15, 0.2) is 0 Å². The lowest BCUT2D eigenvalue weighted by Gasteiger charge is -2.37. The van der Waals surface area contributed by atoms with E-state index in [0.29, 0.717) is 6.61 Å². The standard InChI is InChI=1S/C35H73NO3/c1-5-7-9-11-13-15-17-19-21-23-25-27-32-38-34-35(3,4)36(30-29-31-37)39-33-28-26-24-22-20-18-16-14-12-10-8-6-2/h37H,5-34H2,1-4H3. The Kier molecular flexibility index (Phi) is 30.7. The lowest BCUT2D eigenvalue weighted by atomic mass is 10.1. The van der Waals surface area contributed by atoms with Gasteiger partial charge in [0, 0.05) is 19.8 Å². The Bertz CT molecular complexity index is 457. The molecule has 0 atom stereocenters. The molecule has 0 aromatic heterocycles. The Balaban J connectivity index is 3.77. The summed E-state index contributed by atoms with van der Waals surface area (Å²) in [5.41, 5.74) is -0.177. The number of hydroxylamine groups is 2. The average molecular weight is 556 g/mol. The maximum absolute atomic E-state index is 9.36. The third-order valence-electron chi connectivity index (χ3n) is 8.04. The molecule has 0 aliphatic rings. The fourth-order valence-corrected chi connectivity index (χ4v) is 5.31. The summed E-state index contributed by atoms with van der Waals surface area (Å²) in [5.74, 6) is 0. The quantitative estimate of drug-likeness (QED) is 0.0646. The van der Waals surface area contributed by atoms with Crippen molar-refractivity contribution in [2.75, 3.05) is 33.0 Å². The molecule has 1 N–H and O–H groups in total. The molecule has 4 nitrogen and oxygen atoms in total. The molecule has 0 amide bonds. The minimum atomic E-state index is -0.177. The molecule has 0 bridgehead atoms. The van der Waals surface area contributed by atoms with E-state index in [9.17, 15) is 5.11 Å². The summed E-state index contributed by atoms with van der Waals surface area (Å²) in [6.45, 7) is 12.2. The minimum Gasteiger partial charge on any atom is -0.396 e. The highest BCUT2D eigenvalue weighted by molar-refractivity contribution is 4.76. The van der Waals surface area contributed by atoms with Crippen LogP contribution < -0.4 is 0 Å². The second kappa shape index (κ2) is 30.8. The molecule has 0 fully saturated rings. The summed E-state index contributed by atoms with van der Waals surface area (Å²) in [6.07, 6.45) is 33.5. The summed E-state index contributed by atoms with van der Waals surface area (Å²) in [6, 6.07) is 0. The Hall–Kier alpha value is -0.160. The van der Waals surface area contributed by atoms with Crippen LogP contribution in [-0.2, 0) is 9.57 Å². The Morgan fingerprint density at radius 1 is 0.487 bits per heavy atom. The molecule has 0 aliphatic carbocycles. The topological polar surface area (TPSA) is 41.9 Å². The molecule has 4 heteroatoms. The zero-order valence-corrected chi connectivity index (χ0v) is 27.4. The lowest BCUT2D eigenvalue weighted by Crippen LogP contribution is -2.48. The van der Waals surface area contributed by atoms with E-state index in [4.69, 9.17) is 9.57 Å². The molecular weight excluding hydrogens is 482 g/mol. The van der Waals surface area contributed by atoms with Gasteiger partial charge in [-0.15, -0.1) is 0 Å². The van der Waals surface area contributed by atoms with Crippen LogP contribution in [0.15, 0.2) is 0 Å². The first kappa shape index (κ1) is 38.8. The fraction of sp³-hybridized carbons (Fsp3) is 1.00. The summed E-state index contributed by atoms with van der Waals surface area (Å²) < 4.78 is 6.09. The number of aliphatic hydroxyl groups is 1. The van der Waals surface area contributed by atoms with Gasteiger partial charge < -0.3 is 9.84 Å². The van der Waals surface area contributed by atoms with Gasteiger partial charge in [0.2, 0.25) is 0 Å². The van der Waals surface area contributed by atoms with Crippen LogP contribution in [0.1, 0.15) is 188 Å². The molecule has 0 spiro atoms. The van der Waals surface area contributed by atoms with Crippen molar-refractivity contribution in [3.05, 3.63) is 0 Å². The number of aliphatic hydroxyl groups excluding tert-OH is 1. The zero-order chi connectivity index (χ0) is 28.7. The van der Waals surface area contributed by atoms with Crippen LogP contribution in [0, 0.1) is 0 Å². The number of ether oxygens (including phenoxy) is 1. The number of rotatable bonds is 33. The molecule has 0 rings (SSSR count). The van der Waals surface area contributed by atoms with Crippen LogP contribution >= 0.6 is 0 Å². The highest BCUT2D eigenvalue weighted by Crippen LogP contribution is 2.18. The molecule has 0 saturated carbocycles. The normalized spacial score (nSPS) is 12.2. The highest BCUT2D eigenvalue weighted by atomic mass is 16.7. The van der Waals surface area contributed by atoms with Gasteiger partial charge in [-0.3, -0.25) is 4.84 Å². The first-order valence-electron chi connectivity index (χ1n) is 17.7. The van der Waals surface area contributed by atoms with Gasteiger partial charge in [-0.05, 0) is 33.1 Å². The molecule has 0 aromatic rings. The first-order chi connectivity index (χ1) is 19.1. The number of unbranched alkanes of at least 4 members (excludes halogenated alkanes) is 22. The SMILES string of the molecule is CCCCCCCCCCCCCCOCC(C)(C)N(CCCO)OCCCCCCCCCCCCCC. The Labute approximate surface area is 246 Å². The van der Waals surface area contributed by atoms with E-state index in [1.165, 1.54) is 141 Å². The molecule has 0 heterocycles. The molecule has 0 radical (unpaired) electrons. The second-order valence-electron chi connectivity index (χ2n) is 12.7. The molecule has 0 unspecified atom stereocenters. The van der Waals surface area contributed by atoms with Crippen LogP contribution in [-0.4, -0.2) is 48.7 Å². The van der Waals surface area contributed by atoms with Crippen molar-refractivity contribution in [1.29, 1.82) is 0 Å². The van der Waals surface area contributed by atoms with Crippen LogP contribution in [0.3, 0.4) is 0 Å². The summed E-state index contributed by atoms with van der Waals surface area (Å²) in [7, 11) is 0. The van der Waals surface area contributed by atoms with E-state index < -0.39 is 0 Å². The number of nitrogens with zero attached hydrogens (tertiary/aromatic N) is 1. The summed E-state index contributed by atoms with van der Waals surface area (Å²) in [5, 5.41) is 11.4. The van der Waals surface area contributed by atoms with Crippen molar-refractivity contribution < 1.29 is 14.7 Å². The monoisotopic (exact) mass is 556 g/mol. The van der Waals surface area contributed by atoms with E-state index in [-0.39, 0.29) is 12.1 Å². The van der Waals surface area contributed by atoms with Crippen LogP contribution in [0.25, 0.3) is 0 Å². The molecule has 236 valence electrons. The molecule has 0 saturated heterocycles. The van der Waals surface area contributed by atoms with Crippen molar-refractivity contribution >= 4 is 0 Å². The molecule has 39 heavy (non-hydrogen) atoms. The largest absolute Gasteiger partial charge is 0.396 e. The van der Waals surface area contributed by atoms with Gasteiger partial charge >= 0.3 is 0 Å². The number of hydrogen-bond acceptors (Lipinski definition) is 4. The summed E-state index contributed by atoms with van der Waals surface area (Å²) in [4.78, 5) is 6.21. The van der Waals surface area contributed by atoms with Crippen molar-refractivity contribution in [3.63, 3.8) is 0 Å². The van der Waals surface area contributed by atoms with Gasteiger partial charge in [-0.1, -0.05) is 155 Å². The first-order valence-corrected chi connectivity index (χ1v) is 17.7. The van der Waals surface area contributed by atoms with E-state index in [2.05, 4.69) is 32.8 Å². The number of hydrogen-bond donors (Lipinski definition) is 1. The van der Waals surface area contributed by atoms with Crippen LogP contribution in [0.2, 0.25) is 0 Å². The predicted molar refractivity (Wildman–Crippen MR) is 171 cm³/mol. The van der Waals surface area contributed by atoms with Crippen LogP contribution in [0.5, 0.6) is 0 Å². The van der Waals surface area contributed by atoms with Gasteiger partial charge in [0.1, 0.15) is 0 Å². The van der Waals surface area contributed by atoms with Crippen LogP contribution in [0.4, 0.5) is 0 Å². The fourth-order valence-electron chi connectivity index (χ4n) is 5.31. The van der Waals surface area contributed by atoms with E-state index in [1.807, 2.05) is 0 Å². The highest BCUT2D eigenvalue weighted by Gasteiger charge is 2.27. The molecular formula is C35H73NO3. The van der Waals surface area contributed by atoms with E-state index in [1.54, 1.807) is 0 Å². The maximum atomic E-state index is 9.36. The van der Waals surface area contributed by atoms with Gasteiger partial charge in [-0.2, -0.15) is 5.06 Å². The van der Waals surface area contributed by atoms with Crippen molar-refractivity contribution in [2.45, 2.75) is 194 Å². The van der Waals surface area contributed by atoms with E-state index >= 15 is 0 Å². The van der Waals surface area contributed by atoms with Crippen molar-refractivity contribution in [1.82, 2.24) is 5.06 Å². The minimum absolute atomic E-state index is 0.177. The van der Waals surface area contributed by atoms with Gasteiger partial charge in [0.05, 0.1) is 18.8 Å². The molecule has 0 aliphatic heterocycles. The van der Waals surface area contributed by atoms with Gasteiger partial charge in [0.25, 0.3) is 0 Å². The second-order valence-corrected chi connectivity index (χ2v) is 12.7. The summed E-state index contributed by atoms with van der Waals surface area (Å²) >= 11 is 0. The van der Waals surface area contributed by atoms with Gasteiger partial charge in [-0.25, -0.2) is 0 Å². The Morgan fingerprint density at radius 2 is 0.846 bits per heavy atom. The Morgan fingerprint density at radius 3 is 1.23 bits per heavy atom. The van der Waals surface area contributed by atoms with Crippen molar-refractivity contribution in [3.8, 4) is 0 Å². The zero-order valence-electron chi connectivity index (χ0n) is 27.4. The third kappa shape index (κ3) is 27.8. The van der Waals surface area contributed by atoms with Crippen molar-refractivity contribution in [2.24, 2.45) is 0 Å². The molecule has 0 aromatic carbocycles. The lowest BCUT2D eigenvalue weighted by molar-refractivity contribution is -0.228. The van der Waals surface area contributed by atoms with E-state index in [0.717, 1.165) is 39.0 Å². The maximum Gasteiger partial charge on any atom is 0.0685 e. The average Bonchev–Trinajstić information content (AvgIpc) is 2.93. The smallest absolute Gasteiger partial charge is 0.0685 e. The third-order valence-corrected chi connectivity index (χ3v) is 8.04.